The Kier molecular flexibility index (Phi) is 4.35. The van der Waals surface area contributed by atoms with E-state index in [1.165, 1.54) is 0 Å². The van der Waals surface area contributed by atoms with Crippen LogP contribution in [0.4, 0.5) is 0 Å². The molecule has 1 N–H and O–H groups in total. The summed E-state index contributed by atoms with van der Waals surface area (Å²) in [5, 5.41) is 7.98. The minimum Gasteiger partial charge on any atom is -1.00 e. The number of aliphatic hydroxyl groups excluding tert-OH is 1. The van der Waals surface area contributed by atoms with Gasteiger partial charge in [0, 0.05) is 0 Å². The van der Waals surface area contributed by atoms with E-state index in [2.05, 4.69) is 8.37 Å². The van der Waals surface area contributed by atoms with Crippen LogP contribution < -0.4 is 0 Å². The molecule has 5 heteroatoms. The van der Waals surface area contributed by atoms with E-state index in [1.807, 2.05) is 0 Å². The van der Waals surface area contributed by atoms with Gasteiger partial charge in [-0.15, -0.1) is 0 Å². The van der Waals surface area contributed by atoms with Crippen LogP contribution >= 0.6 is 12.3 Å². The zero-order valence-electron chi connectivity index (χ0n) is 4.96. The van der Waals surface area contributed by atoms with Crippen molar-refractivity contribution in [2.45, 2.75) is 6.48 Å². The SMILES string of the molecule is OC1OSO1.[Ca+2].[H-].[H-]. The fraction of sp³-hybridized carbons (Fsp3) is 1.00. The third-order valence-corrected chi connectivity index (χ3v) is 0.730. The van der Waals surface area contributed by atoms with Crippen LogP contribution in [0.1, 0.15) is 2.85 Å². The summed E-state index contributed by atoms with van der Waals surface area (Å²) in [4.78, 5) is 0. The van der Waals surface area contributed by atoms with Crippen LogP contribution in [0.25, 0.3) is 0 Å². The molecule has 0 aromatic heterocycles. The van der Waals surface area contributed by atoms with E-state index < -0.39 is 6.48 Å². The third kappa shape index (κ3) is 1.97. The van der Waals surface area contributed by atoms with Gasteiger partial charge in [0.05, 0.1) is 0 Å². The van der Waals surface area contributed by atoms with E-state index in [0.29, 0.717) is 0 Å². The van der Waals surface area contributed by atoms with Crippen molar-refractivity contribution in [3.8, 4) is 0 Å². The third-order valence-electron chi connectivity index (χ3n) is 0.243. The smallest absolute Gasteiger partial charge is 1.00 e. The maximum Gasteiger partial charge on any atom is 2.00 e. The van der Waals surface area contributed by atoms with Crippen molar-refractivity contribution >= 4 is 50.1 Å². The van der Waals surface area contributed by atoms with E-state index in [4.69, 9.17) is 5.11 Å². The zero-order chi connectivity index (χ0) is 3.70. The number of hydrogen-bond acceptors (Lipinski definition) is 4. The summed E-state index contributed by atoms with van der Waals surface area (Å²) in [6.07, 6.45) is 0. The average Bonchev–Trinajstić information content (AvgIpc) is 1.30. The Bertz CT molecular complexity index is 44.3. The second-order valence-electron chi connectivity index (χ2n) is 0.568. The van der Waals surface area contributed by atoms with Crippen LogP contribution in [0.2, 0.25) is 0 Å². The summed E-state index contributed by atoms with van der Waals surface area (Å²) in [6, 6.07) is 0. The van der Waals surface area contributed by atoms with E-state index in [9.17, 15) is 0 Å². The van der Waals surface area contributed by atoms with E-state index in [-0.39, 0.29) is 40.6 Å². The molecule has 1 aliphatic heterocycles. The van der Waals surface area contributed by atoms with Crippen LogP contribution in [0, 0.1) is 0 Å². The van der Waals surface area contributed by atoms with Gasteiger partial charge in [0.25, 0.3) is 6.48 Å². The Morgan fingerprint density at radius 2 is 2.00 bits per heavy atom. The van der Waals surface area contributed by atoms with Crippen molar-refractivity contribution in [2.24, 2.45) is 0 Å². The van der Waals surface area contributed by atoms with Gasteiger partial charge < -0.3 is 7.96 Å². The quantitative estimate of drug-likeness (QED) is 0.367. The zero-order valence-corrected chi connectivity index (χ0v) is 5.98. The van der Waals surface area contributed by atoms with E-state index in [0.717, 1.165) is 12.3 Å². The first-order chi connectivity index (χ1) is 2.39. The molecule has 0 aromatic rings. The molecule has 0 radical (unpaired) electrons. The molecular weight excluding hydrogens is 132 g/mol. The van der Waals surface area contributed by atoms with Gasteiger partial charge in [-0.1, -0.05) is 0 Å². The molecule has 0 unspecified atom stereocenters. The van der Waals surface area contributed by atoms with Gasteiger partial charge in [0.15, 0.2) is 12.3 Å². The molecule has 1 heterocycles. The summed E-state index contributed by atoms with van der Waals surface area (Å²) < 4.78 is 8.36. The van der Waals surface area contributed by atoms with Crippen LogP contribution in [0.15, 0.2) is 0 Å². The molecule has 0 amide bonds. The standard InChI is InChI=1S/CH2O3S.Ca.2H/c2-1-3-5-4-1;;;/h1-2H;;;/q;+2;2*-1. The molecule has 34 valence electrons. The van der Waals surface area contributed by atoms with Crippen molar-refractivity contribution in [2.75, 3.05) is 0 Å². The van der Waals surface area contributed by atoms with Gasteiger partial charge >= 0.3 is 37.7 Å². The molecule has 3 nitrogen and oxygen atoms in total. The van der Waals surface area contributed by atoms with Crippen LogP contribution in [0.5, 0.6) is 0 Å². The second kappa shape index (κ2) is 3.49. The van der Waals surface area contributed by atoms with Crippen molar-refractivity contribution in [1.29, 1.82) is 0 Å². The maximum atomic E-state index is 7.98. The molecule has 1 fully saturated rings. The summed E-state index contributed by atoms with van der Waals surface area (Å²) in [7, 11) is 0. The first-order valence-electron chi connectivity index (χ1n) is 1.06. The number of rotatable bonds is 0. The summed E-state index contributed by atoms with van der Waals surface area (Å²) in [5.41, 5.74) is 0. The largest absolute Gasteiger partial charge is 2.00 e. The molecule has 1 aliphatic rings. The molecule has 0 aromatic carbocycles. The minimum absolute atomic E-state index is 0. The summed E-state index contributed by atoms with van der Waals surface area (Å²) in [6.45, 7) is -0.972. The van der Waals surface area contributed by atoms with E-state index in [1.54, 1.807) is 0 Å². The molecule has 1 saturated heterocycles. The first kappa shape index (κ1) is 7.49. The van der Waals surface area contributed by atoms with Crippen LogP contribution in [-0.2, 0) is 8.37 Å². The van der Waals surface area contributed by atoms with Gasteiger partial charge in [0.1, 0.15) is 0 Å². The number of aliphatic hydroxyl groups is 1. The molecular formula is CH4CaO3S. The molecule has 0 aliphatic carbocycles. The predicted octanol–water partition coefficient (Wildman–Crippen LogP) is -0.284. The fourth-order valence-electron chi connectivity index (χ4n) is 0.0744. The summed E-state index contributed by atoms with van der Waals surface area (Å²) >= 11 is 0.795. The van der Waals surface area contributed by atoms with Gasteiger partial charge in [-0.3, -0.25) is 0 Å². The fourth-order valence-corrected chi connectivity index (χ4v) is 0.223. The first-order valence-corrected chi connectivity index (χ1v) is 1.73. The van der Waals surface area contributed by atoms with Gasteiger partial charge in [0.2, 0.25) is 0 Å². The Balaban J connectivity index is -0.0000000833. The van der Waals surface area contributed by atoms with Crippen molar-refractivity contribution in [3.63, 3.8) is 0 Å². The molecule has 6 heavy (non-hydrogen) atoms. The van der Waals surface area contributed by atoms with Crippen molar-refractivity contribution < 1.29 is 16.3 Å². The Hall–Kier alpha value is 1.49. The minimum atomic E-state index is -0.972. The second-order valence-corrected chi connectivity index (χ2v) is 1.09. The molecule has 0 atom stereocenters. The average molecular weight is 136 g/mol. The normalized spacial score (nSPS) is 21.5. The monoisotopic (exact) mass is 136 g/mol. The van der Waals surface area contributed by atoms with Gasteiger partial charge in [-0.2, -0.15) is 0 Å². The Morgan fingerprint density at radius 1 is 1.67 bits per heavy atom. The van der Waals surface area contributed by atoms with Crippen molar-refractivity contribution in [1.82, 2.24) is 0 Å². The Labute approximate surface area is 72.4 Å². The summed E-state index contributed by atoms with van der Waals surface area (Å²) in [5.74, 6) is 0. The topological polar surface area (TPSA) is 38.7 Å². The molecule has 0 saturated carbocycles. The maximum absolute atomic E-state index is 7.98. The van der Waals surface area contributed by atoms with Gasteiger partial charge in [-0.25, -0.2) is 8.37 Å². The van der Waals surface area contributed by atoms with Crippen LogP contribution in [-0.4, -0.2) is 49.3 Å². The van der Waals surface area contributed by atoms with Gasteiger partial charge in [-0.05, 0) is 0 Å². The molecule has 0 spiro atoms. The van der Waals surface area contributed by atoms with Crippen LogP contribution in [0.3, 0.4) is 0 Å². The Morgan fingerprint density at radius 3 is 2.00 bits per heavy atom. The van der Waals surface area contributed by atoms with Crippen molar-refractivity contribution in [3.05, 3.63) is 0 Å². The molecule has 0 bridgehead atoms. The predicted molar refractivity (Wildman–Crippen MR) is 23.7 cm³/mol. The number of hydrogen-bond donors (Lipinski definition) is 1. The van der Waals surface area contributed by atoms with E-state index >= 15 is 0 Å². The molecule has 1 rings (SSSR count).